The van der Waals surface area contributed by atoms with Gasteiger partial charge in [0, 0.05) is 19.3 Å². The lowest BCUT2D eigenvalue weighted by atomic mass is 10.2. The number of hydrogen-bond donors (Lipinski definition) is 3. The van der Waals surface area contributed by atoms with E-state index in [2.05, 4.69) is 0 Å². The number of carbonyl (C=O) groups is 2. The molecule has 0 aliphatic heterocycles. The van der Waals surface area contributed by atoms with Crippen molar-refractivity contribution in [3.8, 4) is 0 Å². The Morgan fingerprint density at radius 1 is 1.26 bits per heavy atom. The summed E-state index contributed by atoms with van der Waals surface area (Å²) in [5.41, 5.74) is 0. The van der Waals surface area contributed by atoms with Gasteiger partial charge in [0.15, 0.2) is 6.10 Å². The largest absolute Gasteiger partial charge is 0.550 e. The molecule has 0 spiro atoms. The highest BCUT2D eigenvalue weighted by Gasteiger charge is 2.20. The van der Waals surface area contributed by atoms with Gasteiger partial charge in [-0.25, -0.2) is 4.57 Å². The number of carboxylic acids is 1. The molecule has 0 fully saturated rings. The van der Waals surface area contributed by atoms with Crippen molar-refractivity contribution < 1.29 is 43.2 Å². The highest BCUT2D eigenvalue weighted by atomic mass is 31.2. The van der Waals surface area contributed by atoms with Gasteiger partial charge in [0.1, 0.15) is 6.54 Å². The number of ether oxygens (including phenoxy) is 1. The van der Waals surface area contributed by atoms with Gasteiger partial charge in [0.2, 0.25) is 0 Å². The first kappa shape index (κ1) is 20.3. The second-order valence-corrected chi connectivity index (χ2v) is 5.82. The molecule has 9 nitrogen and oxygen atoms in total. The lowest BCUT2D eigenvalue weighted by Crippen LogP contribution is -2.45. The second-order valence-electron chi connectivity index (χ2n) is 4.79. The van der Waals surface area contributed by atoms with Gasteiger partial charge in [0.05, 0.1) is 21.1 Å². The van der Waals surface area contributed by atoms with Crippen molar-refractivity contribution in [2.75, 3.05) is 27.7 Å². The molecule has 0 aromatic carbocycles. The molecule has 0 saturated carbocycles. The van der Waals surface area contributed by atoms with Crippen LogP contribution in [-0.2, 0) is 18.9 Å². The number of aliphatic carboxylic acids is 1. The van der Waals surface area contributed by atoms with Crippen LogP contribution in [0.15, 0.2) is 0 Å². The van der Waals surface area contributed by atoms with Crippen molar-refractivity contribution in [2.45, 2.75) is 19.4 Å². The van der Waals surface area contributed by atoms with Crippen LogP contribution in [0.1, 0.15) is 13.3 Å². The smallest absolute Gasteiger partial charge is 0.466 e. The Balaban J connectivity index is 0. The Morgan fingerprint density at radius 2 is 1.63 bits per heavy atom. The Kier molecular flexibility index (Phi) is 8.81. The summed E-state index contributed by atoms with van der Waals surface area (Å²) < 4.78 is 14.3. The van der Waals surface area contributed by atoms with Crippen molar-refractivity contribution in [3.05, 3.63) is 0 Å². The molecule has 10 heteroatoms. The van der Waals surface area contributed by atoms with Gasteiger partial charge in [-0.3, -0.25) is 4.79 Å². The molecule has 114 valence electrons. The monoisotopic (exact) mass is 301 g/mol. The maximum Gasteiger partial charge on any atom is 0.466 e. The maximum absolute atomic E-state index is 10.7. The van der Waals surface area contributed by atoms with E-state index in [1.165, 1.54) is 6.92 Å². The number of carbonyl (C=O) groups excluding carboxylic acids is 2. The Labute approximate surface area is 111 Å². The van der Waals surface area contributed by atoms with E-state index >= 15 is 0 Å². The number of esters is 1. The lowest BCUT2D eigenvalue weighted by molar-refractivity contribution is -0.873. The third kappa shape index (κ3) is 26.6. The van der Waals surface area contributed by atoms with Gasteiger partial charge < -0.3 is 33.8 Å². The predicted molar refractivity (Wildman–Crippen MR) is 62.3 cm³/mol. The van der Waals surface area contributed by atoms with Crippen molar-refractivity contribution in [2.24, 2.45) is 0 Å². The minimum Gasteiger partial charge on any atom is -0.550 e. The summed E-state index contributed by atoms with van der Waals surface area (Å²) in [6.45, 7) is 1.71. The molecule has 0 bridgehead atoms. The van der Waals surface area contributed by atoms with Crippen LogP contribution in [0.5, 0.6) is 0 Å². The number of quaternary nitrogens is 1. The molecule has 0 radical (unpaired) electrons. The summed E-state index contributed by atoms with van der Waals surface area (Å²) in [5.74, 6) is -1.67. The van der Waals surface area contributed by atoms with Crippen molar-refractivity contribution in [1.82, 2.24) is 0 Å². The predicted octanol–water partition coefficient (Wildman–Crippen LogP) is -2.16. The van der Waals surface area contributed by atoms with E-state index in [9.17, 15) is 14.7 Å². The number of phosphoric acid groups is 1. The van der Waals surface area contributed by atoms with Crippen LogP contribution in [0, 0.1) is 0 Å². The number of rotatable bonds is 5. The molecule has 19 heavy (non-hydrogen) atoms. The quantitative estimate of drug-likeness (QED) is 0.296. The minimum absolute atomic E-state index is 0.255. The summed E-state index contributed by atoms with van der Waals surface area (Å²) in [7, 11) is 1.04. The maximum atomic E-state index is 10.7. The molecule has 0 amide bonds. The number of likely N-dealkylation sites (N-methyl/N-ethyl adjacent to an activating group) is 1. The van der Waals surface area contributed by atoms with E-state index in [4.69, 9.17) is 24.0 Å². The Hall–Kier alpha value is -0.990. The topological polar surface area (TPSA) is 144 Å². The van der Waals surface area contributed by atoms with Crippen LogP contribution >= 0.6 is 7.82 Å². The van der Waals surface area contributed by atoms with Crippen LogP contribution < -0.4 is 5.11 Å². The van der Waals surface area contributed by atoms with E-state index < -0.39 is 25.9 Å². The van der Waals surface area contributed by atoms with Gasteiger partial charge in [-0.05, 0) is 0 Å². The van der Waals surface area contributed by atoms with Gasteiger partial charge in [-0.15, -0.1) is 0 Å². The third-order valence-electron chi connectivity index (χ3n) is 1.48. The van der Waals surface area contributed by atoms with Crippen LogP contribution in [0.4, 0.5) is 0 Å². The molecule has 1 atom stereocenters. The molecule has 0 aliphatic rings. The molecular weight excluding hydrogens is 281 g/mol. The highest BCUT2D eigenvalue weighted by molar-refractivity contribution is 7.45. The first-order valence-corrected chi connectivity index (χ1v) is 6.73. The van der Waals surface area contributed by atoms with Crippen LogP contribution in [0.25, 0.3) is 0 Å². The number of nitrogens with zero attached hydrogens (tertiary/aromatic N) is 1. The highest BCUT2D eigenvalue weighted by Crippen LogP contribution is 2.25. The van der Waals surface area contributed by atoms with Crippen LogP contribution in [-0.4, -0.2) is 64.9 Å². The van der Waals surface area contributed by atoms with E-state index in [1.807, 2.05) is 21.1 Å². The molecule has 3 N–H and O–H groups in total. The standard InChI is InChI=1S/C9H17NO4.H3O4P/c1-7(11)14-8(5-9(12)13)6-10(2,3)4;1-5(2,3)4/h8H,5-6H2,1-4H3;(H3,1,2,3,4). The average molecular weight is 301 g/mol. The molecule has 0 saturated heterocycles. The Bertz CT molecular complexity index is 320. The van der Waals surface area contributed by atoms with Crippen LogP contribution in [0.3, 0.4) is 0 Å². The van der Waals surface area contributed by atoms with E-state index in [0.29, 0.717) is 11.0 Å². The van der Waals surface area contributed by atoms with Gasteiger partial charge in [-0.2, -0.15) is 0 Å². The van der Waals surface area contributed by atoms with Crippen molar-refractivity contribution in [3.63, 3.8) is 0 Å². The minimum atomic E-state index is -4.64. The normalized spacial score (nSPS) is 13.0. The molecule has 0 aromatic rings. The fourth-order valence-corrected chi connectivity index (χ4v) is 1.17. The van der Waals surface area contributed by atoms with Crippen molar-refractivity contribution in [1.29, 1.82) is 0 Å². The van der Waals surface area contributed by atoms with Gasteiger partial charge >= 0.3 is 13.8 Å². The summed E-state index contributed by atoms with van der Waals surface area (Å²) in [6.07, 6.45) is -0.868. The number of hydrogen-bond acceptors (Lipinski definition) is 5. The van der Waals surface area contributed by atoms with Crippen LogP contribution in [0.2, 0.25) is 0 Å². The zero-order valence-electron chi connectivity index (χ0n) is 11.3. The fraction of sp³-hybridized carbons (Fsp3) is 0.778. The van der Waals surface area contributed by atoms with E-state index in [1.54, 1.807) is 0 Å². The number of carboxylic acid groups (broad SMARTS) is 1. The summed E-state index contributed by atoms with van der Waals surface area (Å²) >= 11 is 0. The van der Waals surface area contributed by atoms with Gasteiger partial charge in [-0.1, -0.05) is 0 Å². The molecule has 0 aliphatic carbocycles. The lowest BCUT2D eigenvalue weighted by Gasteiger charge is -2.28. The molecule has 1 unspecified atom stereocenters. The Morgan fingerprint density at radius 3 is 1.84 bits per heavy atom. The van der Waals surface area contributed by atoms with E-state index in [0.717, 1.165) is 0 Å². The molecule has 0 heterocycles. The SMILES string of the molecule is CC(=O)OC(CC(=O)[O-])C[N+](C)(C)C.O=P(O)(O)O. The zero-order chi connectivity index (χ0) is 15.9. The molecule has 0 aromatic heterocycles. The summed E-state index contributed by atoms with van der Waals surface area (Å²) in [6, 6.07) is 0. The van der Waals surface area contributed by atoms with Gasteiger partial charge in [0.25, 0.3) is 0 Å². The summed E-state index contributed by atoms with van der Waals surface area (Å²) in [4.78, 5) is 42.6. The summed E-state index contributed by atoms with van der Waals surface area (Å²) in [5, 5.41) is 10.4. The second kappa shape index (κ2) is 8.23. The fourth-order valence-electron chi connectivity index (χ4n) is 1.17. The van der Waals surface area contributed by atoms with Crippen molar-refractivity contribution >= 4 is 19.8 Å². The average Bonchev–Trinajstić information content (AvgIpc) is 1.91. The molecular formula is C9H20NO8P. The van der Waals surface area contributed by atoms with E-state index in [-0.39, 0.29) is 6.42 Å². The zero-order valence-corrected chi connectivity index (χ0v) is 12.2. The molecule has 0 rings (SSSR count). The third-order valence-corrected chi connectivity index (χ3v) is 1.48. The first-order valence-electron chi connectivity index (χ1n) is 5.16. The first-order chi connectivity index (χ1) is 8.20.